The maximum absolute atomic E-state index is 15.2. The molecule has 1 aliphatic carbocycles. The summed E-state index contributed by atoms with van der Waals surface area (Å²) in [5, 5.41) is 0. The number of hydrogen-bond acceptors (Lipinski definition) is 6. The van der Waals surface area contributed by atoms with Crippen LogP contribution in [0.25, 0.3) is 16.8 Å². The van der Waals surface area contributed by atoms with Crippen molar-refractivity contribution in [2.45, 2.75) is 59.0 Å². The molecule has 0 bridgehead atoms. The Bertz CT molecular complexity index is 1510. The molecule has 0 N–H and O–H groups in total. The third kappa shape index (κ3) is 5.66. The predicted octanol–water partition coefficient (Wildman–Crippen LogP) is 6.51. The molecule has 0 spiro atoms. The third-order valence-corrected chi connectivity index (χ3v) is 7.66. The van der Waals surface area contributed by atoms with E-state index in [2.05, 4.69) is 21.9 Å². The van der Waals surface area contributed by atoms with Gasteiger partial charge in [0.05, 0.1) is 18.2 Å². The number of pyridine rings is 1. The normalized spacial score (nSPS) is 19.2. The Balaban J connectivity index is 1.40. The number of carbonyl (C=O) groups excluding carboxylic acids is 1. The lowest BCUT2D eigenvalue weighted by Crippen LogP contribution is -2.30. The quantitative estimate of drug-likeness (QED) is 0.232. The number of rotatable bonds is 8. The summed E-state index contributed by atoms with van der Waals surface area (Å²) in [5.41, 5.74) is 3.17. The summed E-state index contributed by atoms with van der Waals surface area (Å²) in [4.78, 5) is 25.8. The average Bonchev–Trinajstić information content (AvgIpc) is 3.22. The van der Waals surface area contributed by atoms with E-state index < -0.39 is 12.4 Å². The molecule has 1 fully saturated rings. The predicted molar refractivity (Wildman–Crippen MR) is 143 cm³/mol. The van der Waals surface area contributed by atoms with E-state index in [1.807, 2.05) is 6.92 Å². The van der Waals surface area contributed by atoms with Crippen molar-refractivity contribution in [1.29, 1.82) is 0 Å². The molecule has 1 saturated carbocycles. The summed E-state index contributed by atoms with van der Waals surface area (Å²) in [5.74, 6) is 0.302. The van der Waals surface area contributed by atoms with Gasteiger partial charge in [0.15, 0.2) is 0 Å². The van der Waals surface area contributed by atoms with Crippen LogP contribution in [0.4, 0.5) is 13.2 Å². The van der Waals surface area contributed by atoms with E-state index in [9.17, 15) is 13.6 Å². The highest BCUT2D eigenvalue weighted by atomic mass is 19.3. The molecule has 3 atom stereocenters. The second kappa shape index (κ2) is 11.7. The zero-order valence-corrected chi connectivity index (χ0v) is 22.6. The summed E-state index contributed by atoms with van der Waals surface area (Å²) in [6, 6.07) is 7.94. The first-order valence-corrected chi connectivity index (χ1v) is 13.4. The first kappa shape index (κ1) is 27.6. The highest BCUT2D eigenvalue weighted by Crippen LogP contribution is 2.39. The number of aromatic nitrogens is 4. The highest BCUT2D eigenvalue weighted by Gasteiger charge is 2.34. The van der Waals surface area contributed by atoms with Crippen molar-refractivity contribution in [3.05, 3.63) is 77.5 Å². The van der Waals surface area contributed by atoms with Crippen molar-refractivity contribution < 1.29 is 27.4 Å². The molecule has 0 saturated heterocycles. The molecule has 3 unspecified atom stereocenters. The number of ether oxygens (including phenoxy) is 2. The molecule has 1 aromatic carbocycles. The van der Waals surface area contributed by atoms with E-state index >= 15 is 4.39 Å². The van der Waals surface area contributed by atoms with E-state index in [1.165, 1.54) is 12.1 Å². The molecular weight excluding hydrogens is 521 g/mol. The molecule has 0 aliphatic heterocycles. The molecule has 0 amide bonds. The lowest BCUT2D eigenvalue weighted by atomic mass is 9.74. The number of fused-ring (bicyclic) bond motifs is 1. The summed E-state index contributed by atoms with van der Waals surface area (Å²) in [6.45, 7) is 3.09. The maximum Gasteiger partial charge on any atom is 0.387 e. The standard InChI is InChI=1S/C30H31F3N4O3/c1-4-39-29(38)22-10-9-20(11-17(22)2)28-34-14-21(15-35-28)23-16-37-25(18(3)36-27(37)13-24(23)31)12-19-7-5-6-8-26(19)40-30(32)33/h5-8,13-17,20,22,30H,4,9-12H2,1-3H3. The highest BCUT2D eigenvalue weighted by molar-refractivity contribution is 5.73. The van der Waals surface area contributed by atoms with Crippen LogP contribution in [0.1, 0.15) is 61.8 Å². The summed E-state index contributed by atoms with van der Waals surface area (Å²) in [6.07, 6.45) is 7.41. The van der Waals surface area contributed by atoms with Crippen LogP contribution in [0.2, 0.25) is 0 Å². The van der Waals surface area contributed by atoms with Crippen molar-refractivity contribution in [1.82, 2.24) is 19.4 Å². The molecule has 3 heterocycles. The Labute approximate surface area is 230 Å². The van der Waals surface area contributed by atoms with Gasteiger partial charge in [-0.15, -0.1) is 0 Å². The van der Waals surface area contributed by atoms with Crippen molar-refractivity contribution in [2.24, 2.45) is 11.8 Å². The molecule has 40 heavy (non-hydrogen) atoms. The Hall–Kier alpha value is -3.95. The van der Waals surface area contributed by atoms with Gasteiger partial charge in [-0.1, -0.05) is 25.1 Å². The molecule has 3 aromatic heterocycles. The summed E-state index contributed by atoms with van der Waals surface area (Å²) in [7, 11) is 0. The van der Waals surface area contributed by atoms with E-state index in [-0.39, 0.29) is 35.9 Å². The average molecular weight is 553 g/mol. The van der Waals surface area contributed by atoms with Gasteiger partial charge in [0.2, 0.25) is 0 Å². The monoisotopic (exact) mass is 552 g/mol. The van der Waals surface area contributed by atoms with Gasteiger partial charge in [-0.25, -0.2) is 19.3 Å². The summed E-state index contributed by atoms with van der Waals surface area (Å²) >= 11 is 0. The van der Waals surface area contributed by atoms with Gasteiger partial charge in [-0.05, 0) is 45.1 Å². The third-order valence-electron chi connectivity index (χ3n) is 7.66. The number of esters is 1. The number of nitrogens with zero attached hydrogens (tertiary/aromatic N) is 4. The lowest BCUT2D eigenvalue weighted by molar-refractivity contribution is -0.151. The van der Waals surface area contributed by atoms with Gasteiger partial charge in [-0.2, -0.15) is 8.78 Å². The van der Waals surface area contributed by atoms with Gasteiger partial charge in [0.25, 0.3) is 0 Å². The Morgan fingerprint density at radius 2 is 1.93 bits per heavy atom. The van der Waals surface area contributed by atoms with E-state index in [0.717, 1.165) is 25.0 Å². The van der Waals surface area contributed by atoms with Crippen LogP contribution in [-0.2, 0) is 16.0 Å². The minimum atomic E-state index is -2.94. The van der Waals surface area contributed by atoms with Gasteiger partial charge in [0.1, 0.15) is 23.0 Å². The molecule has 210 valence electrons. The van der Waals surface area contributed by atoms with Crippen LogP contribution < -0.4 is 4.74 Å². The van der Waals surface area contributed by atoms with Gasteiger partial charge < -0.3 is 13.9 Å². The zero-order valence-electron chi connectivity index (χ0n) is 22.6. The number of hydrogen-bond donors (Lipinski definition) is 0. The molecule has 5 rings (SSSR count). The van der Waals surface area contributed by atoms with Crippen LogP contribution in [0, 0.1) is 24.6 Å². The molecule has 0 radical (unpaired) electrons. The van der Waals surface area contributed by atoms with E-state index in [1.54, 1.807) is 48.1 Å². The Morgan fingerprint density at radius 1 is 1.18 bits per heavy atom. The number of benzene rings is 1. The van der Waals surface area contributed by atoms with Gasteiger partial charge in [-0.3, -0.25) is 4.79 Å². The molecular formula is C30H31F3N4O3. The SMILES string of the molecule is CCOC(=O)C1CCC(c2ncc(-c3cn4c(Cc5ccccc5OC(F)F)c(C)nc4cc3F)cn2)CC1C. The van der Waals surface area contributed by atoms with Crippen LogP contribution in [0.5, 0.6) is 5.75 Å². The first-order chi connectivity index (χ1) is 19.2. The van der Waals surface area contributed by atoms with E-state index in [0.29, 0.717) is 40.5 Å². The fourth-order valence-electron chi connectivity index (χ4n) is 5.62. The fourth-order valence-corrected chi connectivity index (χ4v) is 5.62. The van der Waals surface area contributed by atoms with Crippen LogP contribution in [0.15, 0.2) is 48.9 Å². The number of halogens is 3. The van der Waals surface area contributed by atoms with Crippen LogP contribution in [-0.4, -0.2) is 38.5 Å². The van der Waals surface area contributed by atoms with Crippen molar-refractivity contribution in [3.8, 4) is 16.9 Å². The smallest absolute Gasteiger partial charge is 0.387 e. The van der Waals surface area contributed by atoms with Crippen LogP contribution >= 0.6 is 0 Å². The summed E-state index contributed by atoms with van der Waals surface area (Å²) < 4.78 is 52.7. The van der Waals surface area contributed by atoms with Gasteiger partial charge in [0, 0.05) is 59.4 Å². The van der Waals surface area contributed by atoms with Crippen molar-refractivity contribution >= 4 is 11.6 Å². The number of para-hydroxylation sites is 1. The number of carbonyl (C=O) groups is 1. The first-order valence-electron chi connectivity index (χ1n) is 13.4. The second-order valence-corrected chi connectivity index (χ2v) is 10.2. The number of imidazole rings is 1. The molecule has 1 aliphatic rings. The molecule has 7 nitrogen and oxygen atoms in total. The maximum atomic E-state index is 15.2. The molecule has 4 aromatic rings. The molecule has 10 heteroatoms. The van der Waals surface area contributed by atoms with Crippen LogP contribution in [0.3, 0.4) is 0 Å². The zero-order chi connectivity index (χ0) is 28.4. The van der Waals surface area contributed by atoms with Gasteiger partial charge >= 0.3 is 12.6 Å². The topological polar surface area (TPSA) is 78.6 Å². The number of alkyl halides is 2. The largest absolute Gasteiger partial charge is 0.466 e. The minimum absolute atomic E-state index is 0.0868. The van der Waals surface area contributed by atoms with E-state index in [4.69, 9.17) is 9.47 Å². The minimum Gasteiger partial charge on any atom is -0.466 e. The fraction of sp³-hybridized carbons (Fsp3) is 0.400. The second-order valence-electron chi connectivity index (χ2n) is 10.2. The lowest BCUT2D eigenvalue weighted by Gasteiger charge is -2.31. The Kier molecular flexibility index (Phi) is 8.04. The Morgan fingerprint density at radius 3 is 2.62 bits per heavy atom. The van der Waals surface area contributed by atoms with Crippen molar-refractivity contribution in [3.63, 3.8) is 0 Å². The van der Waals surface area contributed by atoms with Crippen molar-refractivity contribution in [2.75, 3.05) is 6.61 Å². The number of aryl methyl sites for hydroxylation is 1.